The molecule has 1 N–H and O–H groups in total. The van der Waals surface area contributed by atoms with Gasteiger partial charge in [-0.2, -0.15) is 13.2 Å². The number of aliphatic hydroxyl groups is 1. The molecule has 0 saturated carbocycles. The average molecular weight is 318 g/mol. The van der Waals surface area contributed by atoms with Gasteiger partial charge in [0.25, 0.3) is 0 Å². The first-order valence-corrected chi connectivity index (χ1v) is 6.25. The van der Waals surface area contributed by atoms with Gasteiger partial charge in [-0.05, 0) is 30.3 Å². The van der Waals surface area contributed by atoms with Gasteiger partial charge in [-0.25, -0.2) is 0 Å². The van der Waals surface area contributed by atoms with Crippen LogP contribution < -0.4 is 4.74 Å². The Kier molecular flexibility index (Phi) is 4.39. The fourth-order valence-electron chi connectivity index (χ4n) is 1.81. The predicted octanol–water partition coefficient (Wildman–Crippen LogP) is 3.84. The lowest BCUT2D eigenvalue weighted by atomic mass is 10.0. The van der Waals surface area contributed by atoms with Crippen molar-refractivity contribution in [2.45, 2.75) is 12.3 Å². The first kappa shape index (κ1) is 15.6. The molecule has 0 spiro atoms. The molecule has 7 heteroatoms. The van der Waals surface area contributed by atoms with Crippen LogP contribution in [-0.4, -0.2) is 17.2 Å². The maximum Gasteiger partial charge on any atom is 0.417 e. The summed E-state index contributed by atoms with van der Waals surface area (Å²) in [5.41, 5.74) is -0.475. The number of nitrogens with zero attached hydrogens (tertiary/aromatic N) is 1. The first-order valence-electron chi connectivity index (χ1n) is 5.87. The number of pyridine rings is 1. The third-order valence-electron chi connectivity index (χ3n) is 2.88. The Hall–Kier alpha value is -1.79. The zero-order valence-corrected chi connectivity index (χ0v) is 11.6. The summed E-state index contributed by atoms with van der Waals surface area (Å²) >= 11 is 5.85. The van der Waals surface area contributed by atoms with E-state index in [2.05, 4.69) is 4.98 Å². The van der Waals surface area contributed by atoms with Gasteiger partial charge in [0, 0.05) is 16.8 Å². The van der Waals surface area contributed by atoms with Gasteiger partial charge in [0.1, 0.15) is 11.9 Å². The van der Waals surface area contributed by atoms with Crippen LogP contribution in [0.25, 0.3) is 0 Å². The number of rotatable bonds is 3. The molecule has 0 aliphatic carbocycles. The number of aromatic nitrogens is 1. The van der Waals surface area contributed by atoms with Crippen LogP contribution in [0.5, 0.6) is 5.75 Å². The predicted molar refractivity (Wildman–Crippen MR) is 71.3 cm³/mol. The number of ether oxygens (including phenoxy) is 1. The summed E-state index contributed by atoms with van der Waals surface area (Å²) in [6.07, 6.45) is -5.03. The van der Waals surface area contributed by atoms with Crippen LogP contribution >= 0.6 is 11.6 Å². The fraction of sp³-hybridized carbons (Fsp3) is 0.214. The van der Waals surface area contributed by atoms with Crippen molar-refractivity contribution in [2.75, 3.05) is 7.11 Å². The molecule has 3 nitrogen and oxygen atoms in total. The standard InChI is InChI=1S/C14H11ClF3NO2/c1-21-12-5-3-9(15)6-10(12)13(20)11-4-2-8(7-19-11)14(16,17)18/h2-7,13,20H,1H3. The molecule has 0 amide bonds. The van der Waals surface area contributed by atoms with Crippen LogP contribution in [0.1, 0.15) is 22.9 Å². The lowest BCUT2D eigenvalue weighted by Gasteiger charge is -2.15. The first-order chi connectivity index (χ1) is 9.82. The second-order valence-corrected chi connectivity index (χ2v) is 4.69. The molecule has 1 unspecified atom stereocenters. The number of hydrogen-bond acceptors (Lipinski definition) is 3. The molecule has 0 fully saturated rings. The Balaban J connectivity index is 2.36. The summed E-state index contributed by atoms with van der Waals surface area (Å²) in [7, 11) is 1.42. The maximum absolute atomic E-state index is 12.5. The van der Waals surface area contributed by atoms with Gasteiger partial charge in [0.15, 0.2) is 0 Å². The molecule has 0 bridgehead atoms. The van der Waals surface area contributed by atoms with Gasteiger partial charge in [-0.3, -0.25) is 4.98 Å². The monoisotopic (exact) mass is 317 g/mol. The van der Waals surface area contributed by atoms with Crippen LogP contribution in [0, 0.1) is 0 Å². The van der Waals surface area contributed by atoms with Gasteiger partial charge in [0.2, 0.25) is 0 Å². The Morgan fingerprint density at radius 1 is 1.24 bits per heavy atom. The zero-order chi connectivity index (χ0) is 15.6. The molecule has 0 aliphatic heterocycles. The molecule has 112 valence electrons. The van der Waals surface area contributed by atoms with E-state index in [1.807, 2.05) is 0 Å². The van der Waals surface area contributed by atoms with E-state index < -0.39 is 17.8 Å². The number of benzene rings is 1. The molecular formula is C14H11ClF3NO2. The number of halogens is 4. The van der Waals surface area contributed by atoms with E-state index in [4.69, 9.17) is 16.3 Å². The second-order valence-electron chi connectivity index (χ2n) is 4.26. The van der Waals surface area contributed by atoms with Crippen LogP contribution in [0.3, 0.4) is 0 Å². The Morgan fingerprint density at radius 3 is 2.48 bits per heavy atom. The lowest BCUT2D eigenvalue weighted by Crippen LogP contribution is -2.08. The van der Waals surface area contributed by atoms with Crippen LogP contribution in [-0.2, 0) is 6.18 Å². The van der Waals surface area contributed by atoms with Crippen LogP contribution in [0.4, 0.5) is 13.2 Å². The molecule has 0 radical (unpaired) electrons. The zero-order valence-electron chi connectivity index (χ0n) is 10.9. The largest absolute Gasteiger partial charge is 0.496 e. The van der Waals surface area contributed by atoms with Crippen molar-refractivity contribution in [3.63, 3.8) is 0 Å². The molecule has 1 aromatic carbocycles. The van der Waals surface area contributed by atoms with Crippen molar-refractivity contribution in [3.05, 3.63) is 58.4 Å². The highest BCUT2D eigenvalue weighted by Gasteiger charge is 2.31. The number of alkyl halides is 3. The molecule has 21 heavy (non-hydrogen) atoms. The lowest BCUT2D eigenvalue weighted by molar-refractivity contribution is -0.137. The normalized spacial score (nSPS) is 13.0. The summed E-state index contributed by atoms with van der Waals surface area (Å²) in [5.74, 6) is 0.369. The second kappa shape index (κ2) is 5.91. The van der Waals surface area contributed by atoms with E-state index in [1.165, 1.54) is 13.2 Å². The van der Waals surface area contributed by atoms with Crippen molar-refractivity contribution < 1.29 is 23.0 Å². The third kappa shape index (κ3) is 3.46. The molecule has 0 saturated heterocycles. The van der Waals surface area contributed by atoms with E-state index in [0.29, 0.717) is 22.5 Å². The van der Waals surface area contributed by atoms with E-state index in [1.54, 1.807) is 12.1 Å². The minimum atomic E-state index is -4.47. The van der Waals surface area contributed by atoms with Crippen molar-refractivity contribution in [3.8, 4) is 5.75 Å². The highest BCUT2D eigenvalue weighted by atomic mass is 35.5. The SMILES string of the molecule is COc1ccc(Cl)cc1C(O)c1ccc(C(F)(F)F)cn1. The van der Waals surface area contributed by atoms with Gasteiger partial charge in [-0.1, -0.05) is 11.6 Å². The van der Waals surface area contributed by atoms with E-state index in [0.717, 1.165) is 12.1 Å². The van der Waals surface area contributed by atoms with Crippen LogP contribution in [0.2, 0.25) is 5.02 Å². The summed E-state index contributed by atoms with van der Waals surface area (Å²) < 4.78 is 42.5. The number of aliphatic hydroxyl groups excluding tert-OH is 1. The molecule has 2 rings (SSSR count). The maximum atomic E-state index is 12.5. The summed E-state index contributed by atoms with van der Waals surface area (Å²) in [6, 6.07) is 6.60. The minimum Gasteiger partial charge on any atom is -0.496 e. The van der Waals surface area contributed by atoms with Crippen molar-refractivity contribution in [2.24, 2.45) is 0 Å². The molecular weight excluding hydrogens is 307 g/mol. The Labute approximate surface area is 124 Å². The quantitative estimate of drug-likeness (QED) is 0.935. The van der Waals surface area contributed by atoms with Gasteiger partial charge in [0.05, 0.1) is 18.4 Å². The highest BCUT2D eigenvalue weighted by molar-refractivity contribution is 6.30. The molecule has 1 aromatic heterocycles. The number of methoxy groups -OCH3 is 1. The average Bonchev–Trinajstić information content (AvgIpc) is 2.45. The summed E-state index contributed by atoms with van der Waals surface area (Å²) in [6.45, 7) is 0. The van der Waals surface area contributed by atoms with E-state index in [-0.39, 0.29) is 5.69 Å². The molecule has 2 aromatic rings. The van der Waals surface area contributed by atoms with Crippen molar-refractivity contribution in [1.82, 2.24) is 4.98 Å². The Bertz CT molecular complexity index is 629. The van der Waals surface area contributed by atoms with Gasteiger partial charge >= 0.3 is 6.18 Å². The van der Waals surface area contributed by atoms with Crippen LogP contribution in [0.15, 0.2) is 36.5 Å². The minimum absolute atomic E-state index is 0.0727. The number of hydrogen-bond donors (Lipinski definition) is 1. The molecule has 1 heterocycles. The molecule has 1 atom stereocenters. The smallest absolute Gasteiger partial charge is 0.417 e. The Morgan fingerprint density at radius 2 is 1.95 bits per heavy atom. The molecule has 0 aliphatic rings. The highest BCUT2D eigenvalue weighted by Crippen LogP contribution is 2.33. The van der Waals surface area contributed by atoms with Gasteiger partial charge in [-0.15, -0.1) is 0 Å². The fourth-order valence-corrected chi connectivity index (χ4v) is 1.99. The van der Waals surface area contributed by atoms with E-state index in [9.17, 15) is 18.3 Å². The summed E-state index contributed by atoms with van der Waals surface area (Å²) in [5, 5.41) is 10.6. The van der Waals surface area contributed by atoms with Crippen molar-refractivity contribution >= 4 is 11.6 Å². The van der Waals surface area contributed by atoms with E-state index >= 15 is 0 Å². The summed E-state index contributed by atoms with van der Waals surface area (Å²) in [4.78, 5) is 3.66. The topological polar surface area (TPSA) is 42.4 Å². The third-order valence-corrected chi connectivity index (χ3v) is 3.12. The van der Waals surface area contributed by atoms with Gasteiger partial charge < -0.3 is 9.84 Å². The van der Waals surface area contributed by atoms with Crippen molar-refractivity contribution in [1.29, 1.82) is 0 Å².